The van der Waals surface area contributed by atoms with Crippen LogP contribution in [0.2, 0.25) is 0 Å². The maximum Gasteiger partial charge on any atom is 0.341 e. The lowest BCUT2D eigenvalue weighted by Crippen LogP contribution is -2.19. The molecule has 1 aromatic heterocycles. The van der Waals surface area contributed by atoms with Crippen molar-refractivity contribution in [1.29, 1.82) is 0 Å². The van der Waals surface area contributed by atoms with E-state index in [-0.39, 0.29) is 6.54 Å². The molecule has 3 aromatic rings. The Balaban J connectivity index is 1.53. The molecule has 0 aliphatic carbocycles. The molecule has 8 heteroatoms. The van der Waals surface area contributed by atoms with E-state index < -0.39 is 23.8 Å². The molecule has 7 nitrogen and oxygen atoms in total. The van der Waals surface area contributed by atoms with Gasteiger partial charge in [0.15, 0.2) is 17.9 Å². The number of para-hydroxylation sites is 1. The van der Waals surface area contributed by atoms with Crippen LogP contribution < -0.4 is 9.46 Å². The van der Waals surface area contributed by atoms with Gasteiger partial charge >= 0.3 is 5.97 Å². The van der Waals surface area contributed by atoms with E-state index in [0.29, 0.717) is 24.4 Å². The van der Waals surface area contributed by atoms with Gasteiger partial charge in [0.1, 0.15) is 0 Å². The summed E-state index contributed by atoms with van der Waals surface area (Å²) in [5, 5.41) is 9.48. The van der Waals surface area contributed by atoms with Crippen LogP contribution in [0.3, 0.4) is 0 Å². The van der Waals surface area contributed by atoms with Gasteiger partial charge in [-0.1, -0.05) is 42.5 Å². The van der Waals surface area contributed by atoms with Gasteiger partial charge in [0.25, 0.3) is 0 Å². The van der Waals surface area contributed by atoms with Crippen LogP contribution in [0.4, 0.5) is 0 Å². The van der Waals surface area contributed by atoms with Gasteiger partial charge in [0.2, 0.25) is 11.3 Å². The van der Waals surface area contributed by atoms with Gasteiger partial charge in [0.05, 0.1) is 12.9 Å². The van der Waals surface area contributed by atoms with E-state index in [1.807, 2.05) is 36.4 Å². The summed E-state index contributed by atoms with van der Waals surface area (Å²) in [5.41, 5.74) is 2.33. The maximum atomic E-state index is 12.0. The predicted molar refractivity (Wildman–Crippen MR) is 100 cm³/mol. The Morgan fingerprint density at radius 1 is 1.15 bits per heavy atom. The normalized spacial score (nSPS) is 12.1. The van der Waals surface area contributed by atoms with E-state index in [4.69, 9.17) is 18.4 Å². The number of hydrogen-bond acceptors (Lipinski definition) is 5. The van der Waals surface area contributed by atoms with Gasteiger partial charge in [-0.3, -0.25) is 4.18 Å². The zero-order chi connectivity index (χ0) is 19.1. The molecule has 0 radical (unpaired) electrons. The van der Waals surface area contributed by atoms with Gasteiger partial charge in [-0.05, 0) is 18.1 Å². The molecule has 142 valence electrons. The Bertz CT molecular complexity index is 924. The maximum absolute atomic E-state index is 12.0. The zero-order valence-electron chi connectivity index (χ0n) is 14.4. The van der Waals surface area contributed by atoms with Crippen molar-refractivity contribution in [2.75, 3.05) is 13.2 Å². The van der Waals surface area contributed by atoms with E-state index >= 15 is 0 Å². The largest absolute Gasteiger partial charge is 0.479 e. The van der Waals surface area contributed by atoms with Crippen molar-refractivity contribution >= 4 is 28.2 Å². The molecule has 3 rings (SSSR count). The Hall–Kier alpha value is -2.68. The third-order valence-electron chi connectivity index (χ3n) is 3.80. The van der Waals surface area contributed by atoms with Crippen molar-refractivity contribution in [3.05, 3.63) is 65.9 Å². The smallest absolute Gasteiger partial charge is 0.341 e. The topological polar surface area (TPSA) is 98.0 Å². The fourth-order valence-electron chi connectivity index (χ4n) is 2.53. The van der Waals surface area contributed by atoms with E-state index in [0.717, 1.165) is 16.5 Å². The molecule has 27 heavy (non-hydrogen) atoms. The number of carboxylic acid groups (broad SMARTS) is 1. The lowest BCUT2D eigenvalue weighted by atomic mass is 10.2. The fraction of sp³-hybridized carbons (Fsp3) is 0.211. The molecular weight excluding hydrogens is 370 g/mol. The van der Waals surface area contributed by atoms with Crippen molar-refractivity contribution in [2.45, 2.75) is 13.0 Å². The molecule has 0 bridgehead atoms. The second kappa shape index (κ2) is 9.31. The van der Waals surface area contributed by atoms with E-state index in [9.17, 15) is 9.00 Å². The number of rotatable bonds is 10. The third kappa shape index (κ3) is 5.40. The summed E-state index contributed by atoms with van der Waals surface area (Å²) in [7, 11) is 0. The van der Waals surface area contributed by atoms with Gasteiger partial charge in [-0.25, -0.2) is 13.7 Å². The van der Waals surface area contributed by atoms with Gasteiger partial charge in [0, 0.05) is 17.5 Å². The summed E-state index contributed by atoms with van der Waals surface area (Å²) in [5.74, 6) is -0.718. The highest BCUT2D eigenvalue weighted by Gasteiger charge is 2.12. The number of benzene rings is 2. The standard InChI is InChI=1S/C19H19NO6S/c21-18(22)13-24-17-8-4-7-16-15(12-25-19(16)17)11-20-27(23)26-10-9-14-5-2-1-3-6-14/h1-8,12,20H,9-11,13H2,(H,21,22). The van der Waals surface area contributed by atoms with Crippen LogP contribution in [0, 0.1) is 0 Å². The first-order valence-electron chi connectivity index (χ1n) is 8.29. The quantitative estimate of drug-likeness (QED) is 0.553. The molecule has 0 fully saturated rings. The Labute approximate surface area is 158 Å². The Kier molecular flexibility index (Phi) is 6.59. The minimum Gasteiger partial charge on any atom is -0.479 e. The molecule has 1 heterocycles. The molecular formula is C19H19NO6S. The highest BCUT2D eigenvalue weighted by molar-refractivity contribution is 7.78. The van der Waals surface area contributed by atoms with E-state index in [1.54, 1.807) is 12.1 Å². The predicted octanol–water partition coefficient (Wildman–Crippen LogP) is 2.82. The average molecular weight is 389 g/mol. The molecule has 2 aromatic carbocycles. The number of fused-ring (bicyclic) bond motifs is 1. The third-order valence-corrected chi connectivity index (χ3v) is 4.56. The van der Waals surface area contributed by atoms with Crippen molar-refractivity contribution in [3.8, 4) is 5.75 Å². The lowest BCUT2D eigenvalue weighted by molar-refractivity contribution is -0.139. The SMILES string of the molecule is O=C(O)COc1cccc2c(CNS(=O)OCCc3ccccc3)coc12. The monoisotopic (exact) mass is 389 g/mol. The average Bonchev–Trinajstić information content (AvgIpc) is 3.09. The van der Waals surface area contributed by atoms with Crippen LogP contribution in [-0.4, -0.2) is 28.5 Å². The van der Waals surface area contributed by atoms with Crippen LogP contribution >= 0.6 is 0 Å². The summed E-state index contributed by atoms with van der Waals surface area (Å²) >= 11 is -1.64. The van der Waals surface area contributed by atoms with Crippen molar-refractivity contribution in [1.82, 2.24) is 4.72 Å². The molecule has 0 aliphatic rings. The van der Waals surface area contributed by atoms with Gasteiger partial charge in [-0.2, -0.15) is 0 Å². The second-order valence-corrected chi connectivity index (χ2v) is 6.68. The first-order valence-corrected chi connectivity index (χ1v) is 9.37. The van der Waals surface area contributed by atoms with Crippen LogP contribution in [0.1, 0.15) is 11.1 Å². The molecule has 1 atom stereocenters. The minimum absolute atomic E-state index is 0.271. The Morgan fingerprint density at radius 2 is 1.96 bits per heavy atom. The first-order chi connectivity index (χ1) is 13.1. The number of furan rings is 1. The summed E-state index contributed by atoms with van der Waals surface area (Å²) in [6.07, 6.45) is 2.19. The van der Waals surface area contributed by atoms with Gasteiger partial charge < -0.3 is 14.3 Å². The van der Waals surface area contributed by atoms with Crippen LogP contribution in [0.15, 0.2) is 59.2 Å². The molecule has 0 spiro atoms. The van der Waals surface area contributed by atoms with E-state index in [1.165, 1.54) is 6.26 Å². The highest BCUT2D eigenvalue weighted by Crippen LogP contribution is 2.29. The molecule has 0 amide bonds. The minimum atomic E-state index is -1.64. The van der Waals surface area contributed by atoms with Crippen molar-refractivity contribution in [3.63, 3.8) is 0 Å². The summed E-state index contributed by atoms with van der Waals surface area (Å²) < 4.78 is 30.7. The summed E-state index contributed by atoms with van der Waals surface area (Å²) in [6.45, 7) is 0.156. The number of aliphatic carboxylic acids is 1. The van der Waals surface area contributed by atoms with Gasteiger partial charge in [-0.15, -0.1) is 0 Å². The molecule has 1 unspecified atom stereocenters. The number of ether oxygens (including phenoxy) is 1. The molecule has 0 saturated carbocycles. The fourth-order valence-corrected chi connectivity index (χ4v) is 3.12. The van der Waals surface area contributed by atoms with Crippen LogP contribution in [-0.2, 0) is 33.2 Å². The first kappa shape index (κ1) is 19.1. The number of hydrogen-bond donors (Lipinski definition) is 2. The lowest BCUT2D eigenvalue weighted by Gasteiger charge is -2.05. The number of nitrogens with one attached hydrogen (secondary N) is 1. The second-order valence-electron chi connectivity index (χ2n) is 5.69. The Morgan fingerprint density at radius 3 is 2.74 bits per heavy atom. The van der Waals surface area contributed by atoms with Crippen LogP contribution in [0.5, 0.6) is 5.75 Å². The molecule has 0 aliphatic heterocycles. The number of carboxylic acids is 1. The van der Waals surface area contributed by atoms with E-state index in [2.05, 4.69) is 4.72 Å². The summed E-state index contributed by atoms with van der Waals surface area (Å²) in [4.78, 5) is 10.7. The van der Waals surface area contributed by atoms with Crippen molar-refractivity contribution < 1.29 is 27.4 Å². The number of carbonyl (C=O) groups is 1. The zero-order valence-corrected chi connectivity index (χ0v) is 15.2. The molecule has 2 N–H and O–H groups in total. The van der Waals surface area contributed by atoms with Crippen molar-refractivity contribution in [2.24, 2.45) is 0 Å². The highest BCUT2D eigenvalue weighted by atomic mass is 32.2. The van der Waals surface area contributed by atoms with Crippen LogP contribution in [0.25, 0.3) is 11.0 Å². The summed E-state index contributed by atoms with van der Waals surface area (Å²) in [6, 6.07) is 15.0. The molecule has 0 saturated heterocycles.